The summed E-state index contributed by atoms with van der Waals surface area (Å²) >= 11 is 1.71. The number of nitrogens with zero attached hydrogens (tertiary/aromatic N) is 2. The molecule has 0 saturated heterocycles. The molecule has 24 heavy (non-hydrogen) atoms. The molecule has 0 radical (unpaired) electrons. The van der Waals surface area contributed by atoms with Gasteiger partial charge in [0.05, 0.1) is 11.9 Å². The number of thiophene rings is 1. The van der Waals surface area contributed by atoms with Gasteiger partial charge in [-0.15, -0.1) is 11.3 Å². The zero-order chi connectivity index (χ0) is 16.3. The number of para-hydroxylation sites is 1. The molecular formula is C19H19N3OS. The van der Waals surface area contributed by atoms with Crippen molar-refractivity contribution in [2.24, 2.45) is 0 Å². The van der Waals surface area contributed by atoms with Crippen molar-refractivity contribution in [3.8, 4) is 0 Å². The molecule has 0 fully saturated rings. The fourth-order valence-corrected chi connectivity index (χ4v) is 5.43. The van der Waals surface area contributed by atoms with E-state index < -0.39 is 0 Å². The second-order valence-electron chi connectivity index (χ2n) is 6.86. The van der Waals surface area contributed by atoms with Crippen LogP contribution in [0.3, 0.4) is 0 Å². The fourth-order valence-electron chi connectivity index (χ4n) is 4.15. The van der Waals surface area contributed by atoms with Crippen molar-refractivity contribution in [2.45, 2.75) is 45.2 Å². The molecule has 1 N–H and O–H groups in total. The number of aromatic nitrogens is 2. The summed E-state index contributed by atoms with van der Waals surface area (Å²) in [6, 6.07) is 8.95. The Labute approximate surface area is 144 Å². The van der Waals surface area contributed by atoms with Crippen LogP contribution in [0.2, 0.25) is 0 Å². The monoisotopic (exact) mass is 337 g/mol. The summed E-state index contributed by atoms with van der Waals surface area (Å²) in [4.78, 5) is 25.1. The maximum absolute atomic E-state index is 12.6. The minimum absolute atomic E-state index is 0.0366. The van der Waals surface area contributed by atoms with Gasteiger partial charge in [-0.1, -0.05) is 18.2 Å². The van der Waals surface area contributed by atoms with Crippen molar-refractivity contribution in [2.75, 3.05) is 4.90 Å². The Morgan fingerprint density at radius 1 is 1.33 bits per heavy atom. The van der Waals surface area contributed by atoms with Gasteiger partial charge < -0.3 is 9.88 Å². The summed E-state index contributed by atoms with van der Waals surface area (Å²) in [5, 5.41) is 0.839. The number of hydrogen-bond donors (Lipinski definition) is 1. The van der Waals surface area contributed by atoms with Crippen molar-refractivity contribution in [3.63, 3.8) is 0 Å². The normalized spacial score (nSPS) is 19.0. The highest BCUT2D eigenvalue weighted by Crippen LogP contribution is 2.35. The quantitative estimate of drug-likeness (QED) is 0.779. The lowest BCUT2D eigenvalue weighted by atomic mass is 10.1. The van der Waals surface area contributed by atoms with E-state index in [2.05, 4.69) is 41.1 Å². The van der Waals surface area contributed by atoms with Gasteiger partial charge >= 0.3 is 0 Å². The number of aromatic amines is 1. The fraction of sp³-hybridized carbons (Fsp3) is 0.368. The third-order valence-corrected chi connectivity index (χ3v) is 6.48. The number of aryl methyl sites for hydroxylation is 2. The van der Waals surface area contributed by atoms with Crippen LogP contribution in [-0.2, 0) is 25.8 Å². The molecule has 3 aromatic rings. The van der Waals surface area contributed by atoms with Gasteiger partial charge in [0, 0.05) is 16.6 Å². The van der Waals surface area contributed by atoms with Crippen LogP contribution in [-0.4, -0.2) is 16.0 Å². The number of benzene rings is 1. The average Bonchev–Trinajstić information content (AvgIpc) is 3.21. The molecule has 122 valence electrons. The van der Waals surface area contributed by atoms with Crippen LogP contribution < -0.4 is 10.5 Å². The zero-order valence-electron chi connectivity index (χ0n) is 13.6. The molecule has 0 spiro atoms. The average molecular weight is 337 g/mol. The predicted octanol–water partition coefficient (Wildman–Crippen LogP) is 3.42. The van der Waals surface area contributed by atoms with Crippen LogP contribution in [0.4, 0.5) is 5.69 Å². The molecule has 1 aromatic carbocycles. The third-order valence-electron chi connectivity index (χ3n) is 5.29. The second kappa shape index (κ2) is 5.18. The van der Waals surface area contributed by atoms with Gasteiger partial charge in [-0.3, -0.25) is 4.79 Å². The molecule has 0 saturated carbocycles. The number of anilines is 1. The molecule has 2 aliphatic rings. The van der Waals surface area contributed by atoms with Crippen molar-refractivity contribution in [3.05, 3.63) is 56.4 Å². The predicted molar refractivity (Wildman–Crippen MR) is 98.1 cm³/mol. The Morgan fingerprint density at radius 2 is 2.21 bits per heavy atom. The molecule has 5 rings (SSSR count). The van der Waals surface area contributed by atoms with Crippen LogP contribution in [0.1, 0.15) is 35.2 Å². The molecule has 0 bridgehead atoms. The molecule has 2 aromatic heterocycles. The first-order chi connectivity index (χ1) is 11.7. The maximum atomic E-state index is 12.6. The second-order valence-corrected chi connectivity index (χ2v) is 7.94. The summed E-state index contributed by atoms with van der Waals surface area (Å²) < 4.78 is 0. The molecule has 0 amide bonds. The summed E-state index contributed by atoms with van der Waals surface area (Å²) in [7, 11) is 0. The highest BCUT2D eigenvalue weighted by Gasteiger charge is 2.27. The smallest absolute Gasteiger partial charge is 0.259 e. The lowest BCUT2D eigenvalue weighted by Crippen LogP contribution is -2.30. The Morgan fingerprint density at radius 3 is 3.12 bits per heavy atom. The van der Waals surface area contributed by atoms with Gasteiger partial charge in [0.2, 0.25) is 0 Å². The van der Waals surface area contributed by atoms with E-state index in [1.165, 1.54) is 28.1 Å². The van der Waals surface area contributed by atoms with Crippen molar-refractivity contribution >= 4 is 27.2 Å². The first-order valence-corrected chi connectivity index (χ1v) is 9.40. The third kappa shape index (κ3) is 2.04. The molecule has 1 atom stereocenters. The van der Waals surface area contributed by atoms with Crippen molar-refractivity contribution in [1.29, 1.82) is 0 Å². The molecule has 0 unspecified atom stereocenters. The zero-order valence-corrected chi connectivity index (χ0v) is 14.4. The molecule has 1 aliphatic heterocycles. The summed E-state index contributed by atoms with van der Waals surface area (Å²) in [6.07, 6.45) is 4.34. The van der Waals surface area contributed by atoms with Crippen LogP contribution in [0.15, 0.2) is 29.1 Å². The number of H-pyrrole nitrogens is 1. The molecule has 1 aliphatic carbocycles. The largest absolute Gasteiger partial charge is 0.361 e. The van der Waals surface area contributed by atoms with Crippen LogP contribution in [0, 0.1) is 0 Å². The topological polar surface area (TPSA) is 49.0 Å². The van der Waals surface area contributed by atoms with Crippen molar-refractivity contribution in [1.82, 2.24) is 9.97 Å². The number of nitrogens with one attached hydrogen (secondary N) is 1. The first kappa shape index (κ1) is 14.2. The summed E-state index contributed by atoms with van der Waals surface area (Å²) in [5.41, 5.74) is 3.93. The highest BCUT2D eigenvalue weighted by atomic mass is 32.1. The Hall–Kier alpha value is -2.14. The lowest BCUT2D eigenvalue weighted by Gasteiger charge is -2.24. The highest BCUT2D eigenvalue weighted by molar-refractivity contribution is 7.18. The van der Waals surface area contributed by atoms with E-state index in [0.717, 1.165) is 35.3 Å². The van der Waals surface area contributed by atoms with E-state index in [4.69, 9.17) is 4.98 Å². The van der Waals surface area contributed by atoms with E-state index in [1.54, 1.807) is 11.3 Å². The minimum atomic E-state index is 0.0366. The molecule has 5 heteroatoms. The number of hydrogen-bond acceptors (Lipinski definition) is 4. The van der Waals surface area contributed by atoms with Crippen LogP contribution in [0.5, 0.6) is 0 Å². The van der Waals surface area contributed by atoms with Crippen LogP contribution in [0.25, 0.3) is 10.2 Å². The van der Waals surface area contributed by atoms with Crippen LogP contribution >= 0.6 is 11.3 Å². The maximum Gasteiger partial charge on any atom is 0.259 e. The molecular weight excluding hydrogens is 318 g/mol. The summed E-state index contributed by atoms with van der Waals surface area (Å²) in [6.45, 7) is 2.89. The standard InChI is InChI=1S/C19H19N3OS/c1-11-9-12-5-2-3-7-14(12)22(11)10-16-20-18(23)17-13-6-4-8-15(13)24-19(17)21-16/h2-3,5,7,11H,4,6,8-10H2,1H3,(H,20,21,23)/t11-/m0/s1. The van der Waals surface area contributed by atoms with Gasteiger partial charge in [0.1, 0.15) is 10.7 Å². The van der Waals surface area contributed by atoms with Gasteiger partial charge in [-0.25, -0.2) is 4.98 Å². The minimum Gasteiger partial charge on any atom is -0.361 e. The lowest BCUT2D eigenvalue weighted by molar-refractivity contribution is 0.655. The van der Waals surface area contributed by atoms with E-state index in [-0.39, 0.29) is 5.56 Å². The first-order valence-electron chi connectivity index (χ1n) is 8.58. The SMILES string of the molecule is C[C@H]1Cc2ccccc2N1Cc1nc2sc3c(c2c(=O)[nH]1)CCC3. The molecule has 4 nitrogen and oxygen atoms in total. The van der Waals surface area contributed by atoms with Crippen molar-refractivity contribution < 1.29 is 0 Å². The summed E-state index contributed by atoms with van der Waals surface area (Å²) in [5.74, 6) is 0.774. The molecule has 3 heterocycles. The van der Waals surface area contributed by atoms with E-state index in [1.807, 2.05) is 0 Å². The Bertz CT molecular complexity index is 1000. The van der Waals surface area contributed by atoms with E-state index >= 15 is 0 Å². The van der Waals surface area contributed by atoms with Gasteiger partial charge in [0.15, 0.2) is 0 Å². The van der Waals surface area contributed by atoms with Gasteiger partial charge in [-0.05, 0) is 49.8 Å². The number of fused-ring (bicyclic) bond motifs is 4. The van der Waals surface area contributed by atoms with E-state index in [0.29, 0.717) is 12.6 Å². The Kier molecular flexibility index (Phi) is 3.07. The van der Waals surface area contributed by atoms with E-state index in [9.17, 15) is 4.79 Å². The van der Waals surface area contributed by atoms with Gasteiger partial charge in [-0.2, -0.15) is 0 Å². The number of rotatable bonds is 2. The Balaban J connectivity index is 1.55. The van der Waals surface area contributed by atoms with Gasteiger partial charge in [0.25, 0.3) is 5.56 Å².